The molecule has 0 saturated carbocycles. The van der Waals surface area contributed by atoms with Gasteiger partial charge in [0.05, 0.1) is 12.5 Å². The number of carbonyl (C=O) groups is 2. The normalized spacial score (nSPS) is 16.9. The lowest BCUT2D eigenvalue weighted by molar-refractivity contribution is -0.141. The summed E-state index contributed by atoms with van der Waals surface area (Å²) in [4.78, 5) is 24.5. The number of likely N-dealkylation sites (tertiary alicyclic amines) is 1. The Morgan fingerprint density at radius 2 is 2.04 bits per heavy atom. The first-order valence-corrected chi connectivity index (χ1v) is 8.06. The van der Waals surface area contributed by atoms with Crippen LogP contribution in [0, 0.1) is 5.92 Å². The van der Waals surface area contributed by atoms with E-state index in [4.69, 9.17) is 14.6 Å². The molecule has 1 aromatic rings. The Labute approximate surface area is 141 Å². The van der Waals surface area contributed by atoms with E-state index in [0.717, 1.165) is 17.7 Å². The molecule has 24 heavy (non-hydrogen) atoms. The lowest BCUT2D eigenvalue weighted by Gasteiger charge is -2.16. The molecule has 1 fully saturated rings. The maximum absolute atomic E-state index is 12.0. The van der Waals surface area contributed by atoms with Crippen molar-refractivity contribution in [2.45, 2.75) is 19.4 Å². The Morgan fingerprint density at radius 3 is 2.67 bits per heavy atom. The van der Waals surface area contributed by atoms with E-state index in [1.165, 1.54) is 0 Å². The van der Waals surface area contributed by atoms with Crippen LogP contribution in [0.25, 0.3) is 0 Å². The predicted molar refractivity (Wildman–Crippen MR) is 88.0 cm³/mol. The van der Waals surface area contributed by atoms with Gasteiger partial charge in [-0.2, -0.15) is 0 Å². The van der Waals surface area contributed by atoms with Gasteiger partial charge < -0.3 is 24.8 Å². The Kier molecular flexibility index (Phi) is 6.87. The van der Waals surface area contributed by atoms with E-state index in [2.05, 4.69) is 5.32 Å². The van der Waals surface area contributed by atoms with Gasteiger partial charge in [0, 0.05) is 39.8 Å². The summed E-state index contributed by atoms with van der Waals surface area (Å²) in [5.74, 6) is -0.512. The van der Waals surface area contributed by atoms with Gasteiger partial charge in [-0.3, -0.25) is 4.79 Å². The molecule has 1 atom stereocenters. The van der Waals surface area contributed by atoms with Crippen molar-refractivity contribution >= 4 is 12.0 Å². The molecule has 1 aliphatic rings. The van der Waals surface area contributed by atoms with Gasteiger partial charge in [-0.15, -0.1) is 0 Å². The van der Waals surface area contributed by atoms with Crippen LogP contribution in [0.2, 0.25) is 0 Å². The molecule has 2 N–H and O–H groups in total. The second kappa shape index (κ2) is 9.12. The molecule has 0 spiro atoms. The summed E-state index contributed by atoms with van der Waals surface area (Å²) in [5, 5.41) is 11.8. The highest BCUT2D eigenvalue weighted by Gasteiger charge is 2.30. The fourth-order valence-electron chi connectivity index (χ4n) is 2.53. The molecule has 1 saturated heterocycles. The van der Waals surface area contributed by atoms with Crippen molar-refractivity contribution in [1.82, 2.24) is 10.2 Å². The molecule has 0 radical (unpaired) electrons. The number of amides is 2. The SMILES string of the molecule is COCCCOc1ccc(CNC(=O)N2CCC(C(=O)O)C2)cc1. The fourth-order valence-corrected chi connectivity index (χ4v) is 2.53. The molecule has 1 unspecified atom stereocenters. The van der Waals surface area contributed by atoms with Crippen LogP contribution in [0.3, 0.4) is 0 Å². The first-order chi connectivity index (χ1) is 11.6. The van der Waals surface area contributed by atoms with E-state index < -0.39 is 11.9 Å². The molecule has 1 heterocycles. The first kappa shape index (κ1) is 18.1. The zero-order valence-corrected chi connectivity index (χ0v) is 13.9. The summed E-state index contributed by atoms with van der Waals surface area (Å²) in [6, 6.07) is 7.31. The predicted octanol–water partition coefficient (Wildman–Crippen LogP) is 1.72. The van der Waals surface area contributed by atoms with Crippen molar-refractivity contribution in [1.29, 1.82) is 0 Å². The number of carboxylic acids is 1. The van der Waals surface area contributed by atoms with Crippen LogP contribution >= 0.6 is 0 Å². The van der Waals surface area contributed by atoms with Crippen LogP contribution in [0.5, 0.6) is 5.75 Å². The minimum Gasteiger partial charge on any atom is -0.494 e. The highest BCUT2D eigenvalue weighted by Crippen LogP contribution is 2.16. The second-order valence-corrected chi connectivity index (χ2v) is 5.77. The second-order valence-electron chi connectivity index (χ2n) is 5.77. The molecule has 2 amide bonds. The third kappa shape index (κ3) is 5.42. The van der Waals surface area contributed by atoms with E-state index in [0.29, 0.717) is 32.7 Å². The maximum atomic E-state index is 12.0. The number of benzene rings is 1. The summed E-state index contributed by atoms with van der Waals surface area (Å²) in [7, 11) is 1.66. The molecule has 0 aromatic heterocycles. The van der Waals surface area contributed by atoms with Crippen molar-refractivity contribution in [3.8, 4) is 5.75 Å². The Balaban J connectivity index is 1.72. The summed E-state index contributed by atoms with van der Waals surface area (Å²) in [6.45, 7) is 2.43. The number of hydrogen-bond donors (Lipinski definition) is 2. The van der Waals surface area contributed by atoms with Gasteiger partial charge in [-0.1, -0.05) is 12.1 Å². The van der Waals surface area contributed by atoms with Gasteiger partial charge in [0.25, 0.3) is 0 Å². The summed E-state index contributed by atoms with van der Waals surface area (Å²) >= 11 is 0. The van der Waals surface area contributed by atoms with Gasteiger partial charge in [0.2, 0.25) is 0 Å². The Bertz CT molecular complexity index is 546. The molecule has 2 rings (SSSR count). The molecule has 0 bridgehead atoms. The van der Waals surface area contributed by atoms with Crippen LogP contribution in [-0.2, 0) is 16.1 Å². The number of hydrogen-bond acceptors (Lipinski definition) is 4. The van der Waals surface area contributed by atoms with Gasteiger partial charge >= 0.3 is 12.0 Å². The quantitative estimate of drug-likeness (QED) is 0.706. The number of nitrogens with one attached hydrogen (secondary N) is 1. The van der Waals surface area contributed by atoms with Crippen molar-refractivity contribution in [3.05, 3.63) is 29.8 Å². The van der Waals surface area contributed by atoms with Crippen molar-refractivity contribution < 1.29 is 24.2 Å². The molecule has 7 nitrogen and oxygen atoms in total. The largest absolute Gasteiger partial charge is 0.494 e. The van der Waals surface area contributed by atoms with E-state index in [9.17, 15) is 9.59 Å². The average molecular weight is 336 g/mol. The summed E-state index contributed by atoms with van der Waals surface area (Å²) in [5.41, 5.74) is 0.960. The minimum absolute atomic E-state index is 0.223. The van der Waals surface area contributed by atoms with Gasteiger partial charge in [0.15, 0.2) is 0 Å². The number of rotatable bonds is 8. The smallest absolute Gasteiger partial charge is 0.317 e. The average Bonchev–Trinajstić information content (AvgIpc) is 3.08. The van der Waals surface area contributed by atoms with E-state index in [1.54, 1.807) is 12.0 Å². The monoisotopic (exact) mass is 336 g/mol. The number of methoxy groups -OCH3 is 1. The van der Waals surface area contributed by atoms with Crippen molar-refractivity contribution in [3.63, 3.8) is 0 Å². The van der Waals surface area contributed by atoms with E-state index in [-0.39, 0.29) is 12.6 Å². The number of urea groups is 1. The van der Waals surface area contributed by atoms with Gasteiger partial charge in [-0.05, 0) is 24.1 Å². The fraction of sp³-hybridized carbons (Fsp3) is 0.529. The zero-order chi connectivity index (χ0) is 17.4. The standard InChI is InChI=1S/C17H24N2O5/c1-23-9-2-10-24-15-5-3-13(4-6-15)11-18-17(22)19-8-7-14(12-19)16(20)21/h3-6,14H,2,7-12H2,1H3,(H,18,22)(H,20,21). The number of aliphatic carboxylic acids is 1. The molecule has 1 aliphatic heterocycles. The van der Waals surface area contributed by atoms with E-state index in [1.807, 2.05) is 24.3 Å². The highest BCUT2D eigenvalue weighted by molar-refractivity contribution is 5.77. The summed E-state index contributed by atoms with van der Waals surface area (Å²) in [6.07, 6.45) is 1.35. The van der Waals surface area contributed by atoms with Crippen LogP contribution in [-0.4, -0.2) is 55.4 Å². The molecular weight excluding hydrogens is 312 g/mol. The third-order valence-electron chi connectivity index (χ3n) is 3.95. The number of carbonyl (C=O) groups excluding carboxylic acids is 1. The van der Waals surface area contributed by atoms with Crippen LogP contribution in [0.15, 0.2) is 24.3 Å². The van der Waals surface area contributed by atoms with Crippen molar-refractivity contribution in [2.24, 2.45) is 5.92 Å². The Hall–Kier alpha value is -2.28. The number of nitrogens with zero attached hydrogens (tertiary/aromatic N) is 1. The highest BCUT2D eigenvalue weighted by atomic mass is 16.5. The van der Waals surface area contributed by atoms with E-state index >= 15 is 0 Å². The first-order valence-electron chi connectivity index (χ1n) is 8.06. The van der Waals surface area contributed by atoms with Crippen LogP contribution < -0.4 is 10.1 Å². The molecule has 132 valence electrons. The Morgan fingerprint density at radius 1 is 1.29 bits per heavy atom. The molecule has 1 aromatic carbocycles. The zero-order valence-electron chi connectivity index (χ0n) is 13.9. The third-order valence-corrected chi connectivity index (χ3v) is 3.95. The maximum Gasteiger partial charge on any atom is 0.317 e. The van der Waals surface area contributed by atoms with Crippen LogP contribution in [0.4, 0.5) is 4.79 Å². The lowest BCUT2D eigenvalue weighted by Crippen LogP contribution is -2.38. The molecule has 7 heteroatoms. The minimum atomic E-state index is -0.841. The van der Waals surface area contributed by atoms with Gasteiger partial charge in [-0.25, -0.2) is 4.79 Å². The van der Waals surface area contributed by atoms with Crippen LogP contribution in [0.1, 0.15) is 18.4 Å². The van der Waals surface area contributed by atoms with Gasteiger partial charge in [0.1, 0.15) is 5.75 Å². The number of carboxylic acid groups (broad SMARTS) is 1. The lowest BCUT2D eigenvalue weighted by atomic mass is 10.1. The summed E-state index contributed by atoms with van der Waals surface area (Å²) < 4.78 is 10.5. The van der Waals surface area contributed by atoms with Crippen molar-refractivity contribution in [2.75, 3.05) is 33.4 Å². The topological polar surface area (TPSA) is 88.1 Å². The molecular formula is C17H24N2O5. The molecule has 0 aliphatic carbocycles. The number of ether oxygens (including phenoxy) is 2.